The van der Waals surface area contributed by atoms with Crippen LogP contribution >= 0.6 is 0 Å². The van der Waals surface area contributed by atoms with E-state index in [1.54, 1.807) is 13.3 Å². The van der Waals surface area contributed by atoms with Gasteiger partial charge in [-0.1, -0.05) is 29.8 Å². The van der Waals surface area contributed by atoms with Crippen LogP contribution in [0.1, 0.15) is 22.9 Å². The van der Waals surface area contributed by atoms with Gasteiger partial charge < -0.3 is 20.0 Å². The van der Waals surface area contributed by atoms with E-state index in [9.17, 15) is 0 Å². The van der Waals surface area contributed by atoms with E-state index in [1.807, 2.05) is 12.1 Å². The molecular weight excluding hydrogens is 300 g/mol. The Hall–Kier alpha value is -2.27. The maximum absolute atomic E-state index is 5.34. The van der Waals surface area contributed by atoms with Gasteiger partial charge in [0, 0.05) is 26.6 Å². The number of aliphatic imine (C=N–C) groups is 1. The van der Waals surface area contributed by atoms with E-state index < -0.39 is 0 Å². The average Bonchev–Trinajstić information content (AvgIpc) is 3.08. The second kappa shape index (κ2) is 9.13. The summed E-state index contributed by atoms with van der Waals surface area (Å²) in [6, 6.07) is 12.9. The van der Waals surface area contributed by atoms with Crippen molar-refractivity contribution in [3.05, 3.63) is 59.5 Å². The lowest BCUT2D eigenvalue weighted by atomic mass is 10.0. The molecule has 2 N–H and O–H groups in total. The number of furan rings is 1. The highest BCUT2D eigenvalue weighted by molar-refractivity contribution is 5.79. The Labute approximate surface area is 144 Å². The lowest BCUT2D eigenvalue weighted by molar-refractivity contribution is 0.298. The Balaban J connectivity index is 1.86. The summed E-state index contributed by atoms with van der Waals surface area (Å²) in [5, 5.41) is 6.73. The van der Waals surface area contributed by atoms with E-state index in [-0.39, 0.29) is 6.04 Å². The minimum Gasteiger partial charge on any atom is -0.469 e. The third-order valence-electron chi connectivity index (χ3n) is 4.02. The summed E-state index contributed by atoms with van der Waals surface area (Å²) in [7, 11) is 5.98. The summed E-state index contributed by atoms with van der Waals surface area (Å²) < 4.78 is 5.34. The highest BCUT2D eigenvalue weighted by Gasteiger charge is 2.14. The van der Waals surface area contributed by atoms with Gasteiger partial charge in [0.05, 0.1) is 12.3 Å². The second-order valence-electron chi connectivity index (χ2n) is 6.10. The van der Waals surface area contributed by atoms with Gasteiger partial charge in [-0.15, -0.1) is 0 Å². The van der Waals surface area contributed by atoms with Crippen LogP contribution in [-0.2, 0) is 6.42 Å². The standard InChI is InChI=1S/C19H28N4O/c1-15-7-9-16(10-8-15)18(23(3)4)14-22-19(20-2)21-12-11-17-6-5-13-24-17/h5-10,13,18H,11-12,14H2,1-4H3,(H2,20,21,22). The molecule has 1 aromatic carbocycles. The summed E-state index contributed by atoms with van der Waals surface area (Å²) >= 11 is 0. The number of aryl methyl sites for hydroxylation is 1. The molecule has 0 bridgehead atoms. The minimum atomic E-state index is 0.286. The van der Waals surface area contributed by atoms with Crippen LogP contribution in [0.5, 0.6) is 0 Å². The van der Waals surface area contributed by atoms with Gasteiger partial charge in [-0.05, 0) is 38.7 Å². The Bertz CT molecular complexity index is 617. The van der Waals surface area contributed by atoms with Crippen LogP contribution in [0.2, 0.25) is 0 Å². The number of hydrogen-bond acceptors (Lipinski definition) is 3. The molecule has 2 rings (SSSR count). The van der Waals surface area contributed by atoms with E-state index in [2.05, 4.69) is 65.8 Å². The minimum absolute atomic E-state index is 0.286. The number of rotatable bonds is 7. The van der Waals surface area contributed by atoms with Gasteiger partial charge in [0.2, 0.25) is 0 Å². The van der Waals surface area contributed by atoms with Gasteiger partial charge in [-0.3, -0.25) is 4.99 Å². The van der Waals surface area contributed by atoms with Crippen LogP contribution in [0.3, 0.4) is 0 Å². The van der Waals surface area contributed by atoms with Crippen molar-refractivity contribution < 1.29 is 4.42 Å². The van der Waals surface area contributed by atoms with Crippen molar-refractivity contribution in [2.45, 2.75) is 19.4 Å². The molecule has 0 amide bonds. The highest BCUT2D eigenvalue weighted by Crippen LogP contribution is 2.17. The molecule has 5 heteroatoms. The number of likely N-dealkylation sites (N-methyl/N-ethyl adjacent to an activating group) is 1. The summed E-state index contributed by atoms with van der Waals surface area (Å²) in [4.78, 5) is 6.51. The normalized spacial score (nSPS) is 13.1. The highest BCUT2D eigenvalue weighted by atomic mass is 16.3. The molecule has 2 aromatic rings. The van der Waals surface area contributed by atoms with Crippen molar-refractivity contribution in [3.63, 3.8) is 0 Å². The zero-order chi connectivity index (χ0) is 17.4. The maximum Gasteiger partial charge on any atom is 0.191 e. The number of nitrogens with zero attached hydrogens (tertiary/aromatic N) is 2. The number of hydrogen-bond donors (Lipinski definition) is 2. The fourth-order valence-electron chi connectivity index (χ4n) is 2.56. The number of nitrogens with one attached hydrogen (secondary N) is 2. The van der Waals surface area contributed by atoms with Crippen LogP contribution in [0.4, 0.5) is 0 Å². The topological polar surface area (TPSA) is 52.8 Å². The maximum atomic E-state index is 5.34. The number of guanidine groups is 1. The Kier molecular flexibility index (Phi) is 6.88. The lowest BCUT2D eigenvalue weighted by Gasteiger charge is -2.26. The van der Waals surface area contributed by atoms with E-state index in [1.165, 1.54) is 11.1 Å². The molecule has 0 spiro atoms. The van der Waals surface area contributed by atoms with Crippen LogP contribution in [0.25, 0.3) is 0 Å². The molecule has 0 aliphatic carbocycles. The molecule has 0 aliphatic heterocycles. The van der Waals surface area contributed by atoms with Crippen molar-refractivity contribution >= 4 is 5.96 Å². The third-order valence-corrected chi connectivity index (χ3v) is 4.02. The Morgan fingerprint density at radius 3 is 2.50 bits per heavy atom. The molecule has 5 nitrogen and oxygen atoms in total. The van der Waals surface area contributed by atoms with Gasteiger partial charge >= 0.3 is 0 Å². The van der Waals surface area contributed by atoms with Gasteiger partial charge in [0.25, 0.3) is 0 Å². The summed E-state index contributed by atoms with van der Waals surface area (Å²) in [5.74, 6) is 1.78. The van der Waals surface area contributed by atoms with Crippen LogP contribution in [-0.4, -0.2) is 45.1 Å². The van der Waals surface area contributed by atoms with Gasteiger partial charge in [0.1, 0.15) is 5.76 Å². The molecule has 0 radical (unpaired) electrons. The van der Waals surface area contributed by atoms with Crippen molar-refractivity contribution in [3.8, 4) is 0 Å². The van der Waals surface area contributed by atoms with Crippen LogP contribution in [0.15, 0.2) is 52.1 Å². The Morgan fingerprint density at radius 2 is 1.92 bits per heavy atom. The van der Waals surface area contributed by atoms with Crippen molar-refractivity contribution in [1.29, 1.82) is 0 Å². The number of benzene rings is 1. The molecule has 1 unspecified atom stereocenters. The first kappa shape index (κ1) is 18.1. The quantitative estimate of drug-likeness (QED) is 0.606. The third kappa shape index (κ3) is 5.42. The lowest BCUT2D eigenvalue weighted by Crippen LogP contribution is -2.42. The zero-order valence-corrected chi connectivity index (χ0v) is 15.0. The Morgan fingerprint density at radius 1 is 1.17 bits per heavy atom. The van der Waals surface area contributed by atoms with E-state index in [4.69, 9.17) is 4.42 Å². The zero-order valence-electron chi connectivity index (χ0n) is 15.0. The first-order valence-electron chi connectivity index (χ1n) is 8.30. The molecule has 1 aromatic heterocycles. The molecule has 130 valence electrons. The summed E-state index contributed by atoms with van der Waals surface area (Å²) in [6.45, 7) is 3.68. The van der Waals surface area contributed by atoms with E-state index in [0.29, 0.717) is 0 Å². The van der Waals surface area contributed by atoms with Crippen molar-refractivity contribution in [2.24, 2.45) is 4.99 Å². The molecule has 0 saturated heterocycles. The fraction of sp³-hybridized carbons (Fsp3) is 0.421. The largest absolute Gasteiger partial charge is 0.469 e. The first-order valence-corrected chi connectivity index (χ1v) is 8.30. The van der Waals surface area contributed by atoms with Crippen LogP contribution < -0.4 is 10.6 Å². The summed E-state index contributed by atoms with van der Waals surface area (Å²) in [5.41, 5.74) is 2.57. The van der Waals surface area contributed by atoms with E-state index >= 15 is 0 Å². The molecule has 24 heavy (non-hydrogen) atoms. The second-order valence-corrected chi connectivity index (χ2v) is 6.10. The molecule has 1 atom stereocenters. The van der Waals surface area contributed by atoms with Gasteiger partial charge in [-0.2, -0.15) is 0 Å². The fourth-order valence-corrected chi connectivity index (χ4v) is 2.56. The van der Waals surface area contributed by atoms with Gasteiger partial charge in [-0.25, -0.2) is 0 Å². The summed E-state index contributed by atoms with van der Waals surface area (Å²) in [6.07, 6.45) is 2.54. The van der Waals surface area contributed by atoms with Gasteiger partial charge in [0.15, 0.2) is 5.96 Å². The molecule has 0 aliphatic rings. The average molecular weight is 328 g/mol. The van der Waals surface area contributed by atoms with Crippen LogP contribution in [0, 0.1) is 6.92 Å². The van der Waals surface area contributed by atoms with Crippen molar-refractivity contribution in [1.82, 2.24) is 15.5 Å². The molecular formula is C19H28N4O. The first-order chi connectivity index (χ1) is 11.6. The predicted molar refractivity (Wildman–Crippen MR) is 99.4 cm³/mol. The molecule has 0 saturated carbocycles. The predicted octanol–water partition coefficient (Wildman–Crippen LogP) is 2.60. The van der Waals surface area contributed by atoms with Crippen molar-refractivity contribution in [2.75, 3.05) is 34.2 Å². The molecule has 1 heterocycles. The molecule has 0 fully saturated rings. The SMILES string of the molecule is CN=C(NCCc1ccco1)NCC(c1ccc(C)cc1)N(C)C. The monoisotopic (exact) mass is 328 g/mol. The smallest absolute Gasteiger partial charge is 0.191 e. The van der Waals surface area contributed by atoms with E-state index in [0.717, 1.165) is 31.2 Å².